The molecular weight excluding hydrogens is 411 g/mol. The average Bonchev–Trinajstić information content (AvgIpc) is 2.71. The van der Waals surface area contributed by atoms with E-state index in [2.05, 4.69) is 20.8 Å². The van der Waals surface area contributed by atoms with Gasteiger partial charge in [0.15, 0.2) is 34.7 Å². The number of ether oxygens (including phenoxy) is 1. The number of rotatable bonds is 8. The molecule has 0 aliphatic carbocycles. The summed E-state index contributed by atoms with van der Waals surface area (Å²) in [5, 5.41) is 5.79. The number of aliphatic imine (C=N–C) groups is 1. The molecule has 2 rings (SSSR count). The van der Waals surface area contributed by atoms with E-state index in [9.17, 15) is 26.7 Å². The highest BCUT2D eigenvalue weighted by Gasteiger charge is 2.12. The molecule has 0 fully saturated rings. The van der Waals surface area contributed by atoms with Gasteiger partial charge in [-0.05, 0) is 36.2 Å². The molecule has 6 nitrogen and oxygen atoms in total. The zero-order valence-corrected chi connectivity index (χ0v) is 15.9. The Morgan fingerprint density at radius 2 is 1.77 bits per heavy atom. The maximum atomic E-state index is 13.6. The number of methoxy groups -OCH3 is 1. The second-order valence-electron chi connectivity index (χ2n) is 5.92. The lowest BCUT2D eigenvalue weighted by molar-refractivity contribution is -0.113. The van der Waals surface area contributed by atoms with Gasteiger partial charge in [0, 0.05) is 6.07 Å². The summed E-state index contributed by atoms with van der Waals surface area (Å²) in [5.41, 5.74) is 2.68. The van der Waals surface area contributed by atoms with Gasteiger partial charge in [-0.25, -0.2) is 22.0 Å². The highest BCUT2D eigenvalue weighted by molar-refractivity contribution is 6.41. The lowest BCUT2D eigenvalue weighted by atomic mass is 10.2. The van der Waals surface area contributed by atoms with Gasteiger partial charge in [0.25, 0.3) is 5.91 Å². The Morgan fingerprint density at radius 3 is 2.37 bits per heavy atom. The number of hydrazone groups is 1. The monoisotopic (exact) mass is 428 g/mol. The first kappa shape index (κ1) is 22.8. The molecule has 30 heavy (non-hydrogen) atoms. The summed E-state index contributed by atoms with van der Waals surface area (Å²) in [4.78, 5) is 15.7. The van der Waals surface area contributed by atoms with Crippen LogP contribution in [0.4, 0.5) is 27.6 Å². The number of benzene rings is 2. The van der Waals surface area contributed by atoms with Gasteiger partial charge in [-0.3, -0.25) is 15.2 Å². The van der Waals surface area contributed by atoms with Gasteiger partial charge in [-0.15, -0.1) is 0 Å². The highest BCUT2D eigenvalue weighted by Crippen LogP contribution is 2.25. The second-order valence-corrected chi connectivity index (χ2v) is 5.92. The Hall–Kier alpha value is -3.50. The molecule has 0 aliphatic heterocycles. The molecule has 0 unspecified atom stereocenters. The van der Waals surface area contributed by atoms with E-state index in [-0.39, 0.29) is 17.9 Å². The molecule has 0 saturated heterocycles. The van der Waals surface area contributed by atoms with Gasteiger partial charge in [0.1, 0.15) is 6.67 Å². The fraction of sp³-hybridized carbons (Fsp3) is 0.211. The van der Waals surface area contributed by atoms with Crippen LogP contribution in [0.1, 0.15) is 11.1 Å². The first-order valence-corrected chi connectivity index (χ1v) is 8.42. The van der Waals surface area contributed by atoms with Gasteiger partial charge in [-0.1, -0.05) is 0 Å². The van der Waals surface area contributed by atoms with Crippen molar-refractivity contribution >= 4 is 23.6 Å². The number of amides is 1. The molecule has 0 spiro atoms. The number of anilines is 1. The summed E-state index contributed by atoms with van der Waals surface area (Å²) in [6.45, 7) is 0.0884. The lowest BCUT2D eigenvalue weighted by Crippen LogP contribution is -2.32. The van der Waals surface area contributed by atoms with Crippen LogP contribution in [0, 0.1) is 30.2 Å². The average molecular weight is 428 g/mol. The normalized spacial score (nSPS) is 11.6. The largest absolute Gasteiger partial charge is 0.494 e. The van der Waals surface area contributed by atoms with Gasteiger partial charge in [0.05, 0.1) is 25.7 Å². The number of carbonyl (C=O) groups is 1. The Labute approximate surface area is 168 Å². The molecule has 0 aliphatic rings. The van der Waals surface area contributed by atoms with Crippen LogP contribution >= 0.6 is 0 Å². The van der Waals surface area contributed by atoms with Crippen molar-refractivity contribution < 1.29 is 31.5 Å². The van der Waals surface area contributed by atoms with Gasteiger partial charge in [0.2, 0.25) is 0 Å². The highest BCUT2D eigenvalue weighted by atomic mass is 19.2. The molecule has 2 N–H and O–H groups in total. The number of alkyl halides is 1. The summed E-state index contributed by atoms with van der Waals surface area (Å²) < 4.78 is 70.7. The molecule has 160 valence electrons. The summed E-state index contributed by atoms with van der Waals surface area (Å²) in [6.07, 6.45) is 0.888. The first-order valence-electron chi connectivity index (χ1n) is 8.42. The Kier molecular flexibility index (Phi) is 7.84. The quantitative estimate of drug-likeness (QED) is 0.222. The number of hydrogen-bond donors (Lipinski definition) is 2. The zero-order chi connectivity index (χ0) is 22.3. The molecule has 0 bridgehead atoms. The molecular formula is C19H17F5N4O2. The summed E-state index contributed by atoms with van der Waals surface area (Å²) in [6, 6.07) is 3.99. The van der Waals surface area contributed by atoms with Crippen molar-refractivity contribution in [2.24, 2.45) is 10.1 Å². The number of halogens is 5. The number of aryl methyl sites for hydroxylation is 1. The molecule has 11 heteroatoms. The molecule has 2 aromatic carbocycles. The van der Waals surface area contributed by atoms with E-state index >= 15 is 0 Å². The number of hydrogen-bond acceptors (Lipinski definition) is 5. The van der Waals surface area contributed by atoms with Crippen LogP contribution in [0.5, 0.6) is 5.75 Å². The van der Waals surface area contributed by atoms with Crippen LogP contribution in [0.15, 0.2) is 34.4 Å². The number of nitrogens with zero attached hydrogens (tertiary/aromatic N) is 2. The molecule has 0 atom stereocenters. The first-order chi connectivity index (χ1) is 14.3. The van der Waals surface area contributed by atoms with E-state index in [0.717, 1.165) is 18.5 Å². The Balaban J connectivity index is 2.00. The van der Waals surface area contributed by atoms with Crippen LogP contribution in [-0.4, -0.2) is 31.7 Å². The Morgan fingerprint density at radius 1 is 1.10 bits per heavy atom. The van der Waals surface area contributed by atoms with Crippen molar-refractivity contribution in [2.75, 3.05) is 19.2 Å². The van der Waals surface area contributed by atoms with Crippen molar-refractivity contribution in [3.05, 3.63) is 58.7 Å². The van der Waals surface area contributed by atoms with Gasteiger partial charge in [-0.2, -0.15) is 5.10 Å². The smallest absolute Gasteiger partial charge is 0.275 e. The zero-order valence-electron chi connectivity index (χ0n) is 15.9. The number of carbonyl (C=O) groups excluding carboxylic acids is 1. The van der Waals surface area contributed by atoms with Crippen LogP contribution in [-0.2, 0) is 11.3 Å². The molecule has 2 aromatic rings. The van der Waals surface area contributed by atoms with Crippen LogP contribution in [0.3, 0.4) is 0 Å². The van der Waals surface area contributed by atoms with Gasteiger partial charge >= 0.3 is 0 Å². The third kappa shape index (κ3) is 5.75. The second kappa shape index (κ2) is 10.3. The SMILES string of the molecule is COc1cc(N/N=C(/CF)C(=O)NC=NCc2cc(F)c(F)c(F)c2)c(C)cc1F. The van der Waals surface area contributed by atoms with E-state index in [1.54, 1.807) is 6.92 Å². The number of nitrogens with one attached hydrogen (secondary N) is 2. The molecule has 0 radical (unpaired) electrons. The summed E-state index contributed by atoms with van der Waals surface area (Å²) >= 11 is 0. The molecule has 0 heterocycles. The Bertz CT molecular complexity index is 972. The fourth-order valence-electron chi connectivity index (χ4n) is 2.24. The predicted octanol–water partition coefficient (Wildman–Crippen LogP) is 3.64. The maximum Gasteiger partial charge on any atom is 0.275 e. The minimum absolute atomic E-state index is 0.0266. The maximum absolute atomic E-state index is 13.6. The fourth-order valence-corrected chi connectivity index (χ4v) is 2.24. The predicted molar refractivity (Wildman–Crippen MR) is 101 cm³/mol. The molecule has 0 aromatic heterocycles. The third-order valence-corrected chi connectivity index (χ3v) is 3.80. The standard InChI is InChI=1S/C19H17F5N4O2/c1-10-3-12(21)17(30-2)6-15(10)27-28-16(7-20)19(29)26-9-25-8-11-4-13(22)18(24)14(23)5-11/h3-6,9,27H,7-8H2,1-2H3,(H,25,26,29)/b28-16-. The van der Waals surface area contributed by atoms with Crippen LogP contribution in [0.2, 0.25) is 0 Å². The van der Waals surface area contributed by atoms with Crippen molar-refractivity contribution in [1.29, 1.82) is 0 Å². The van der Waals surface area contributed by atoms with Crippen LogP contribution in [0.25, 0.3) is 0 Å². The van der Waals surface area contributed by atoms with E-state index in [1.165, 1.54) is 19.2 Å². The molecule has 1 amide bonds. The minimum atomic E-state index is -1.60. The summed E-state index contributed by atoms with van der Waals surface area (Å²) in [7, 11) is 1.27. The third-order valence-electron chi connectivity index (χ3n) is 3.80. The summed E-state index contributed by atoms with van der Waals surface area (Å²) in [5.74, 6) is -5.92. The van der Waals surface area contributed by atoms with Crippen LogP contribution < -0.4 is 15.5 Å². The van der Waals surface area contributed by atoms with Gasteiger partial charge < -0.3 is 10.1 Å². The van der Waals surface area contributed by atoms with E-state index in [1.807, 2.05) is 0 Å². The van der Waals surface area contributed by atoms with Crippen molar-refractivity contribution in [2.45, 2.75) is 13.5 Å². The van der Waals surface area contributed by atoms with Crippen molar-refractivity contribution in [3.8, 4) is 5.75 Å². The van der Waals surface area contributed by atoms with Crippen molar-refractivity contribution in [3.63, 3.8) is 0 Å². The lowest BCUT2D eigenvalue weighted by Gasteiger charge is -2.09. The topological polar surface area (TPSA) is 75.1 Å². The van der Waals surface area contributed by atoms with E-state index in [0.29, 0.717) is 11.3 Å². The molecule has 0 saturated carbocycles. The van der Waals surface area contributed by atoms with E-state index in [4.69, 9.17) is 4.74 Å². The minimum Gasteiger partial charge on any atom is -0.494 e. The van der Waals surface area contributed by atoms with Crippen molar-refractivity contribution in [1.82, 2.24) is 5.32 Å². The van der Waals surface area contributed by atoms with E-state index < -0.39 is 41.6 Å².